The Morgan fingerprint density at radius 3 is 2.62 bits per heavy atom. The summed E-state index contributed by atoms with van der Waals surface area (Å²) < 4.78 is 22.9. The number of piperidine rings is 1. The van der Waals surface area contributed by atoms with Crippen molar-refractivity contribution in [2.45, 2.75) is 33.1 Å². The van der Waals surface area contributed by atoms with Crippen molar-refractivity contribution in [3.8, 4) is 0 Å². The van der Waals surface area contributed by atoms with Crippen LogP contribution >= 0.6 is 0 Å². The van der Waals surface area contributed by atoms with Crippen LogP contribution in [0.1, 0.15) is 30.1 Å². The van der Waals surface area contributed by atoms with E-state index in [0.29, 0.717) is 26.1 Å². The third-order valence-corrected chi connectivity index (χ3v) is 5.07. The highest BCUT2D eigenvalue weighted by molar-refractivity contribution is 7.90. The van der Waals surface area contributed by atoms with Crippen LogP contribution in [0.3, 0.4) is 0 Å². The molecule has 0 radical (unpaired) electrons. The summed E-state index contributed by atoms with van der Waals surface area (Å²) in [7, 11) is -3.01. The van der Waals surface area contributed by atoms with E-state index >= 15 is 0 Å². The third kappa shape index (κ3) is 6.07. The Morgan fingerprint density at radius 2 is 2.00 bits per heavy atom. The van der Waals surface area contributed by atoms with Crippen molar-refractivity contribution in [3.63, 3.8) is 0 Å². The molecule has 1 aromatic rings. The van der Waals surface area contributed by atoms with E-state index in [2.05, 4.69) is 15.3 Å². The van der Waals surface area contributed by atoms with Crippen molar-refractivity contribution in [3.05, 3.63) is 23.3 Å². The molecule has 2 amide bonds. The Morgan fingerprint density at radius 1 is 1.33 bits per heavy atom. The summed E-state index contributed by atoms with van der Waals surface area (Å²) in [5.74, 6) is 0.899. The van der Waals surface area contributed by atoms with Crippen molar-refractivity contribution < 1.29 is 13.2 Å². The Hall–Kier alpha value is -1.70. The Bertz CT molecular complexity index is 670. The molecule has 0 spiro atoms. The van der Waals surface area contributed by atoms with Gasteiger partial charge in [0.15, 0.2) is 0 Å². The summed E-state index contributed by atoms with van der Waals surface area (Å²) >= 11 is 0. The minimum absolute atomic E-state index is 0.0299. The average Bonchev–Trinajstić information content (AvgIpc) is 2.44. The van der Waals surface area contributed by atoms with Crippen LogP contribution in [0.15, 0.2) is 6.07 Å². The molecular formula is C16H26N4O3S. The number of hydrogen-bond acceptors (Lipinski definition) is 5. The van der Waals surface area contributed by atoms with E-state index < -0.39 is 9.84 Å². The Kier molecular flexibility index (Phi) is 6.15. The average molecular weight is 354 g/mol. The molecule has 0 saturated carbocycles. The van der Waals surface area contributed by atoms with Gasteiger partial charge in [0.1, 0.15) is 15.7 Å². The van der Waals surface area contributed by atoms with Gasteiger partial charge in [0, 0.05) is 43.7 Å². The first-order chi connectivity index (χ1) is 11.2. The minimum Gasteiger partial charge on any atom is -0.338 e. The monoisotopic (exact) mass is 354 g/mol. The lowest BCUT2D eigenvalue weighted by molar-refractivity contribution is 0.170. The number of hydrogen-bond donors (Lipinski definition) is 1. The summed E-state index contributed by atoms with van der Waals surface area (Å²) in [5, 5.41) is 2.88. The maximum absolute atomic E-state index is 12.3. The molecule has 2 heterocycles. The first kappa shape index (κ1) is 18.6. The second-order valence-corrected chi connectivity index (χ2v) is 8.78. The maximum Gasteiger partial charge on any atom is 0.317 e. The summed E-state index contributed by atoms with van der Waals surface area (Å²) in [6, 6.07) is 1.77. The van der Waals surface area contributed by atoms with E-state index in [9.17, 15) is 13.2 Å². The number of aryl methyl sites for hydroxylation is 2. The smallest absolute Gasteiger partial charge is 0.317 e. The predicted octanol–water partition coefficient (Wildman–Crippen LogP) is 1.10. The van der Waals surface area contributed by atoms with Gasteiger partial charge in [0.05, 0.1) is 5.75 Å². The molecule has 0 aliphatic carbocycles. The van der Waals surface area contributed by atoms with Crippen LogP contribution < -0.4 is 5.32 Å². The fraction of sp³-hybridized carbons (Fsp3) is 0.688. The van der Waals surface area contributed by atoms with Gasteiger partial charge in [-0.1, -0.05) is 0 Å². The predicted molar refractivity (Wildman–Crippen MR) is 92.6 cm³/mol. The second kappa shape index (κ2) is 7.92. The topological polar surface area (TPSA) is 92.3 Å². The number of likely N-dealkylation sites (tertiary alicyclic amines) is 1. The van der Waals surface area contributed by atoms with Crippen LogP contribution in [0.5, 0.6) is 0 Å². The molecule has 1 N–H and O–H groups in total. The highest BCUT2D eigenvalue weighted by Gasteiger charge is 2.25. The van der Waals surface area contributed by atoms with E-state index in [1.165, 1.54) is 6.26 Å². The van der Waals surface area contributed by atoms with Crippen LogP contribution in [-0.2, 0) is 16.3 Å². The van der Waals surface area contributed by atoms with Gasteiger partial charge in [-0.3, -0.25) is 0 Å². The summed E-state index contributed by atoms with van der Waals surface area (Å²) in [4.78, 5) is 22.7. The fourth-order valence-electron chi connectivity index (χ4n) is 3.12. The van der Waals surface area contributed by atoms with Crippen molar-refractivity contribution in [2.75, 3.05) is 31.6 Å². The van der Waals surface area contributed by atoms with Gasteiger partial charge in [-0.2, -0.15) is 0 Å². The first-order valence-corrected chi connectivity index (χ1v) is 10.3. The van der Waals surface area contributed by atoms with Gasteiger partial charge in [-0.25, -0.2) is 23.2 Å². The summed E-state index contributed by atoms with van der Waals surface area (Å²) in [6.07, 6.45) is 3.52. The van der Waals surface area contributed by atoms with E-state index in [-0.39, 0.29) is 17.7 Å². The zero-order valence-corrected chi connectivity index (χ0v) is 15.4. The van der Waals surface area contributed by atoms with Gasteiger partial charge >= 0.3 is 6.03 Å². The molecule has 134 valence electrons. The van der Waals surface area contributed by atoms with E-state index in [1.54, 1.807) is 4.90 Å². The van der Waals surface area contributed by atoms with Crippen LogP contribution in [0, 0.1) is 19.8 Å². The largest absolute Gasteiger partial charge is 0.338 e. The van der Waals surface area contributed by atoms with E-state index in [1.807, 2.05) is 19.9 Å². The molecule has 1 aromatic heterocycles. The van der Waals surface area contributed by atoms with Crippen molar-refractivity contribution in [1.82, 2.24) is 20.2 Å². The lowest BCUT2D eigenvalue weighted by Gasteiger charge is -2.32. The summed E-state index contributed by atoms with van der Waals surface area (Å²) in [6.45, 7) is 5.49. The summed E-state index contributed by atoms with van der Waals surface area (Å²) in [5.41, 5.74) is 1.84. The number of carbonyl (C=O) groups is 1. The molecule has 1 atom stereocenters. The molecular weight excluding hydrogens is 328 g/mol. The number of urea groups is 1. The van der Waals surface area contributed by atoms with E-state index in [0.717, 1.165) is 30.1 Å². The van der Waals surface area contributed by atoms with Crippen LogP contribution in [0.4, 0.5) is 4.79 Å². The van der Waals surface area contributed by atoms with Gasteiger partial charge in [0.25, 0.3) is 0 Å². The molecule has 7 nitrogen and oxygen atoms in total. The van der Waals surface area contributed by atoms with Crippen molar-refractivity contribution in [2.24, 2.45) is 5.92 Å². The molecule has 1 fully saturated rings. The van der Waals surface area contributed by atoms with Crippen LogP contribution in [-0.4, -0.2) is 61.0 Å². The highest BCUT2D eigenvalue weighted by atomic mass is 32.2. The Labute approximate surface area is 143 Å². The molecule has 24 heavy (non-hydrogen) atoms. The number of aromatic nitrogens is 2. The van der Waals surface area contributed by atoms with Gasteiger partial charge in [-0.05, 0) is 38.7 Å². The fourth-order valence-corrected chi connectivity index (χ4v) is 4.25. The van der Waals surface area contributed by atoms with E-state index in [4.69, 9.17) is 0 Å². The molecule has 1 saturated heterocycles. The second-order valence-electron chi connectivity index (χ2n) is 6.60. The molecule has 1 aliphatic heterocycles. The standard InChI is InChI=1S/C16H26N4O3S/c1-12-9-13(2)19-15(18-12)6-7-17-16(21)20-8-4-5-14(10-20)11-24(3,22)23/h9,14H,4-8,10-11H2,1-3H3,(H,17,21)/t14-/m0/s1. The van der Waals surface area contributed by atoms with Crippen LogP contribution in [0.25, 0.3) is 0 Å². The van der Waals surface area contributed by atoms with Crippen LogP contribution in [0.2, 0.25) is 0 Å². The Balaban J connectivity index is 1.81. The number of rotatable bonds is 5. The molecule has 0 aromatic carbocycles. The van der Waals surface area contributed by atoms with Gasteiger partial charge < -0.3 is 10.2 Å². The number of carbonyl (C=O) groups excluding carboxylic acids is 1. The number of sulfone groups is 1. The third-order valence-electron chi connectivity index (χ3n) is 4.00. The lowest BCUT2D eigenvalue weighted by Crippen LogP contribution is -2.47. The molecule has 1 aliphatic rings. The molecule has 0 bridgehead atoms. The minimum atomic E-state index is -3.01. The number of nitrogens with zero attached hydrogens (tertiary/aromatic N) is 3. The van der Waals surface area contributed by atoms with Gasteiger partial charge in [-0.15, -0.1) is 0 Å². The zero-order chi connectivity index (χ0) is 17.7. The van der Waals surface area contributed by atoms with Gasteiger partial charge in [0.2, 0.25) is 0 Å². The van der Waals surface area contributed by atoms with Crippen molar-refractivity contribution in [1.29, 1.82) is 0 Å². The lowest BCUT2D eigenvalue weighted by atomic mass is 10.0. The molecule has 0 unspecified atom stereocenters. The first-order valence-electron chi connectivity index (χ1n) is 8.24. The number of amides is 2. The maximum atomic E-state index is 12.3. The molecule has 8 heteroatoms. The SMILES string of the molecule is Cc1cc(C)nc(CCNC(=O)N2CCC[C@H](CS(C)(=O)=O)C2)n1. The normalized spacial score (nSPS) is 18.5. The highest BCUT2D eigenvalue weighted by Crippen LogP contribution is 2.18. The molecule has 2 rings (SSSR count). The number of nitrogens with one attached hydrogen (secondary N) is 1. The zero-order valence-electron chi connectivity index (χ0n) is 14.6. The quantitative estimate of drug-likeness (QED) is 0.855. The van der Waals surface area contributed by atoms with Crippen molar-refractivity contribution >= 4 is 15.9 Å².